The molecule has 19 heavy (non-hydrogen) atoms. The van der Waals surface area contributed by atoms with E-state index in [4.69, 9.17) is 5.73 Å². The second-order valence-electron chi connectivity index (χ2n) is 3.72. The summed E-state index contributed by atoms with van der Waals surface area (Å²) in [5.41, 5.74) is 6.19. The standard InChI is InChI=1S/C11H14F3N3O2/c12-11(13,14)7-19-4-3-10(18)17-9-2-1-8(5-15)6-16-9/h1-2,6H,3-5,7,15H2,(H,16,17,18). The van der Waals surface area contributed by atoms with Gasteiger partial charge in [0.15, 0.2) is 0 Å². The zero-order chi connectivity index (χ0) is 14.3. The number of nitrogens with two attached hydrogens (primary N) is 1. The number of amides is 1. The third-order valence-electron chi connectivity index (χ3n) is 2.07. The van der Waals surface area contributed by atoms with Crippen molar-refractivity contribution in [3.63, 3.8) is 0 Å². The van der Waals surface area contributed by atoms with E-state index in [2.05, 4.69) is 15.0 Å². The fourth-order valence-corrected chi connectivity index (χ4v) is 1.18. The van der Waals surface area contributed by atoms with E-state index in [1.54, 1.807) is 12.1 Å². The Hall–Kier alpha value is -1.67. The average molecular weight is 277 g/mol. The molecule has 3 N–H and O–H groups in total. The van der Waals surface area contributed by atoms with E-state index >= 15 is 0 Å². The zero-order valence-electron chi connectivity index (χ0n) is 10.0. The molecule has 0 aliphatic carbocycles. The summed E-state index contributed by atoms with van der Waals surface area (Å²) >= 11 is 0. The normalized spacial score (nSPS) is 11.4. The molecule has 0 aromatic carbocycles. The van der Waals surface area contributed by atoms with Gasteiger partial charge in [0.2, 0.25) is 5.91 Å². The van der Waals surface area contributed by atoms with Crippen LogP contribution in [-0.2, 0) is 16.1 Å². The highest BCUT2D eigenvalue weighted by Crippen LogP contribution is 2.14. The molecule has 0 aliphatic heterocycles. The molecule has 0 saturated carbocycles. The number of halogens is 3. The van der Waals surface area contributed by atoms with Crippen LogP contribution in [0.3, 0.4) is 0 Å². The predicted octanol–water partition coefficient (Wildman–Crippen LogP) is 1.45. The maximum absolute atomic E-state index is 11.8. The van der Waals surface area contributed by atoms with Gasteiger partial charge in [-0.3, -0.25) is 4.79 Å². The number of carbonyl (C=O) groups is 1. The van der Waals surface area contributed by atoms with Crippen LogP contribution < -0.4 is 11.1 Å². The van der Waals surface area contributed by atoms with Crippen molar-refractivity contribution in [2.75, 3.05) is 18.5 Å². The first-order valence-corrected chi connectivity index (χ1v) is 5.50. The summed E-state index contributed by atoms with van der Waals surface area (Å²) in [7, 11) is 0. The van der Waals surface area contributed by atoms with Crippen LogP contribution in [0.4, 0.5) is 19.0 Å². The van der Waals surface area contributed by atoms with E-state index in [0.717, 1.165) is 5.56 Å². The molecule has 1 rings (SSSR count). The van der Waals surface area contributed by atoms with Gasteiger partial charge in [-0.1, -0.05) is 6.07 Å². The largest absolute Gasteiger partial charge is 0.411 e. The smallest absolute Gasteiger partial charge is 0.372 e. The number of carbonyl (C=O) groups excluding carboxylic acids is 1. The molecule has 0 spiro atoms. The van der Waals surface area contributed by atoms with Crippen molar-refractivity contribution in [3.05, 3.63) is 23.9 Å². The number of nitrogens with one attached hydrogen (secondary N) is 1. The molecule has 0 atom stereocenters. The van der Waals surface area contributed by atoms with Crippen LogP contribution in [-0.4, -0.2) is 30.3 Å². The van der Waals surface area contributed by atoms with Gasteiger partial charge in [0.05, 0.1) is 13.0 Å². The van der Waals surface area contributed by atoms with Crippen LogP contribution in [0, 0.1) is 0 Å². The van der Waals surface area contributed by atoms with Crippen LogP contribution >= 0.6 is 0 Å². The topological polar surface area (TPSA) is 77.2 Å². The van der Waals surface area contributed by atoms with Crippen molar-refractivity contribution in [3.8, 4) is 0 Å². The van der Waals surface area contributed by atoms with Gasteiger partial charge in [0, 0.05) is 12.7 Å². The number of aromatic nitrogens is 1. The lowest BCUT2D eigenvalue weighted by Gasteiger charge is -2.08. The van der Waals surface area contributed by atoms with E-state index in [-0.39, 0.29) is 13.0 Å². The average Bonchev–Trinajstić information content (AvgIpc) is 2.34. The van der Waals surface area contributed by atoms with E-state index < -0.39 is 18.7 Å². The molecule has 8 heteroatoms. The van der Waals surface area contributed by atoms with Crippen LogP contribution in [0.5, 0.6) is 0 Å². The molecule has 1 aromatic rings. The van der Waals surface area contributed by atoms with E-state index in [9.17, 15) is 18.0 Å². The molecule has 1 heterocycles. The molecule has 106 valence electrons. The number of anilines is 1. The van der Waals surface area contributed by atoms with Gasteiger partial charge < -0.3 is 15.8 Å². The first-order valence-electron chi connectivity index (χ1n) is 5.50. The van der Waals surface area contributed by atoms with Gasteiger partial charge in [-0.15, -0.1) is 0 Å². The highest BCUT2D eigenvalue weighted by Gasteiger charge is 2.27. The Morgan fingerprint density at radius 1 is 1.42 bits per heavy atom. The summed E-state index contributed by atoms with van der Waals surface area (Å²) in [5, 5.41) is 2.44. The Balaban J connectivity index is 2.27. The SMILES string of the molecule is NCc1ccc(NC(=O)CCOCC(F)(F)F)nc1. The van der Waals surface area contributed by atoms with Gasteiger partial charge in [-0.2, -0.15) is 13.2 Å². The minimum Gasteiger partial charge on any atom is -0.372 e. The molecule has 0 bridgehead atoms. The fraction of sp³-hybridized carbons (Fsp3) is 0.455. The minimum atomic E-state index is -4.38. The highest BCUT2D eigenvalue weighted by molar-refractivity contribution is 5.89. The van der Waals surface area contributed by atoms with Crippen molar-refractivity contribution in [2.24, 2.45) is 5.73 Å². The number of rotatable bonds is 6. The Labute approximate surface area is 108 Å². The molecule has 1 amide bonds. The third-order valence-corrected chi connectivity index (χ3v) is 2.07. The first kappa shape index (κ1) is 15.4. The highest BCUT2D eigenvalue weighted by atomic mass is 19.4. The number of nitrogens with zero attached hydrogens (tertiary/aromatic N) is 1. The summed E-state index contributed by atoms with van der Waals surface area (Å²) in [6.07, 6.45) is -3.04. The van der Waals surface area contributed by atoms with E-state index in [0.29, 0.717) is 12.4 Å². The fourth-order valence-electron chi connectivity index (χ4n) is 1.18. The lowest BCUT2D eigenvalue weighted by Crippen LogP contribution is -2.20. The summed E-state index contributed by atoms with van der Waals surface area (Å²) < 4.78 is 39.6. The molecule has 0 fully saturated rings. The molecule has 0 unspecified atom stereocenters. The number of alkyl halides is 3. The minimum absolute atomic E-state index is 0.170. The first-order chi connectivity index (χ1) is 8.90. The lowest BCUT2D eigenvalue weighted by atomic mass is 10.3. The van der Waals surface area contributed by atoms with Gasteiger partial charge >= 0.3 is 6.18 Å². The predicted molar refractivity (Wildman–Crippen MR) is 62.2 cm³/mol. The number of pyridine rings is 1. The zero-order valence-corrected chi connectivity index (χ0v) is 10.0. The van der Waals surface area contributed by atoms with E-state index in [1.165, 1.54) is 6.20 Å². The molecule has 0 saturated heterocycles. The van der Waals surface area contributed by atoms with E-state index in [1.807, 2.05) is 0 Å². The molecular formula is C11H14F3N3O2. The maximum Gasteiger partial charge on any atom is 0.411 e. The quantitative estimate of drug-likeness (QED) is 0.771. The Morgan fingerprint density at radius 3 is 2.68 bits per heavy atom. The van der Waals surface area contributed by atoms with Crippen molar-refractivity contribution >= 4 is 11.7 Å². The number of hydrogen-bond acceptors (Lipinski definition) is 4. The second kappa shape index (κ2) is 7.05. The van der Waals surface area contributed by atoms with Crippen molar-refractivity contribution < 1.29 is 22.7 Å². The molecule has 1 aromatic heterocycles. The monoisotopic (exact) mass is 277 g/mol. The van der Waals surface area contributed by atoms with Crippen LogP contribution in [0.15, 0.2) is 18.3 Å². The van der Waals surface area contributed by atoms with Crippen molar-refractivity contribution in [1.29, 1.82) is 0 Å². The Morgan fingerprint density at radius 2 is 2.16 bits per heavy atom. The molecule has 0 radical (unpaired) electrons. The van der Waals surface area contributed by atoms with Crippen LogP contribution in [0.25, 0.3) is 0 Å². The molecule has 0 aliphatic rings. The van der Waals surface area contributed by atoms with Gasteiger partial charge in [0.1, 0.15) is 12.4 Å². The summed E-state index contributed by atoms with van der Waals surface area (Å²) in [6, 6.07) is 3.26. The van der Waals surface area contributed by atoms with Gasteiger partial charge in [0.25, 0.3) is 0 Å². The van der Waals surface area contributed by atoms with Gasteiger partial charge in [-0.05, 0) is 11.6 Å². The van der Waals surface area contributed by atoms with Crippen LogP contribution in [0.2, 0.25) is 0 Å². The maximum atomic E-state index is 11.8. The van der Waals surface area contributed by atoms with Crippen molar-refractivity contribution in [1.82, 2.24) is 4.98 Å². The second-order valence-corrected chi connectivity index (χ2v) is 3.72. The van der Waals surface area contributed by atoms with Gasteiger partial charge in [-0.25, -0.2) is 4.98 Å². The molecule has 5 nitrogen and oxygen atoms in total. The number of hydrogen-bond donors (Lipinski definition) is 2. The number of ether oxygens (including phenoxy) is 1. The Kier molecular flexibility index (Phi) is 5.71. The van der Waals surface area contributed by atoms with Crippen molar-refractivity contribution in [2.45, 2.75) is 19.1 Å². The third kappa shape index (κ3) is 6.73. The molecular weight excluding hydrogens is 263 g/mol. The summed E-state index contributed by atoms with van der Waals surface area (Å²) in [6.45, 7) is -1.32. The lowest BCUT2D eigenvalue weighted by molar-refractivity contribution is -0.174. The summed E-state index contributed by atoms with van der Waals surface area (Å²) in [5.74, 6) is -0.145. The Bertz CT molecular complexity index is 407. The summed E-state index contributed by atoms with van der Waals surface area (Å²) in [4.78, 5) is 15.3. The van der Waals surface area contributed by atoms with Crippen LogP contribution in [0.1, 0.15) is 12.0 Å².